The van der Waals surface area contributed by atoms with Crippen LogP contribution in [0.25, 0.3) is 11.3 Å². The number of hydrogen-bond donors (Lipinski definition) is 0. The summed E-state index contributed by atoms with van der Waals surface area (Å²) in [4.78, 5) is 21.3. The summed E-state index contributed by atoms with van der Waals surface area (Å²) < 4.78 is 39.1. The van der Waals surface area contributed by atoms with Gasteiger partial charge in [-0.05, 0) is 0 Å². The maximum atomic E-state index is 12.9. The van der Waals surface area contributed by atoms with E-state index in [2.05, 4.69) is 5.10 Å². The predicted octanol–water partition coefficient (Wildman–Crippen LogP) is 3.14. The lowest BCUT2D eigenvalue weighted by molar-refractivity contribution is -0.387. The van der Waals surface area contributed by atoms with Crippen LogP contribution in [0.4, 0.5) is 18.9 Å². The van der Waals surface area contributed by atoms with Gasteiger partial charge in [0.25, 0.3) is 0 Å². The highest BCUT2D eigenvalue weighted by atomic mass is 19.4. The standard InChI is InChI=1S/C12H8F3N3O3/c1-7(19)17-9(8-5-3-2-4-6-8)10(18(20)21)11(16-17)12(13,14)15/h2-6H,1H3. The molecule has 1 heterocycles. The molecule has 0 fully saturated rings. The first-order chi connectivity index (χ1) is 9.73. The topological polar surface area (TPSA) is 78.0 Å². The van der Waals surface area contributed by atoms with Crippen molar-refractivity contribution in [3.63, 3.8) is 0 Å². The second-order valence-electron chi connectivity index (χ2n) is 4.10. The predicted molar refractivity (Wildman–Crippen MR) is 65.6 cm³/mol. The lowest BCUT2D eigenvalue weighted by Gasteiger charge is -2.02. The van der Waals surface area contributed by atoms with Crippen molar-refractivity contribution in [3.05, 3.63) is 46.1 Å². The summed E-state index contributed by atoms with van der Waals surface area (Å²) in [6.45, 7) is 0.976. The summed E-state index contributed by atoms with van der Waals surface area (Å²) in [5.74, 6) is -0.854. The second-order valence-corrected chi connectivity index (χ2v) is 4.10. The van der Waals surface area contributed by atoms with E-state index >= 15 is 0 Å². The highest BCUT2D eigenvalue weighted by Gasteiger charge is 2.46. The van der Waals surface area contributed by atoms with Crippen LogP contribution in [-0.4, -0.2) is 20.6 Å². The lowest BCUT2D eigenvalue weighted by Crippen LogP contribution is -2.12. The molecule has 0 aliphatic carbocycles. The van der Waals surface area contributed by atoms with Crippen molar-refractivity contribution in [1.82, 2.24) is 9.78 Å². The van der Waals surface area contributed by atoms with Gasteiger partial charge in [0.15, 0.2) is 5.69 Å². The molecule has 0 bridgehead atoms. The van der Waals surface area contributed by atoms with Crippen molar-refractivity contribution in [2.75, 3.05) is 0 Å². The van der Waals surface area contributed by atoms with Crippen LogP contribution in [0, 0.1) is 10.1 Å². The van der Waals surface area contributed by atoms with Crippen molar-refractivity contribution in [2.45, 2.75) is 13.1 Å². The van der Waals surface area contributed by atoms with E-state index in [1.165, 1.54) is 24.3 Å². The fourth-order valence-electron chi connectivity index (χ4n) is 1.86. The van der Waals surface area contributed by atoms with Gasteiger partial charge in [0, 0.05) is 12.5 Å². The average Bonchev–Trinajstić information content (AvgIpc) is 2.80. The first-order valence-electron chi connectivity index (χ1n) is 5.64. The maximum Gasteiger partial charge on any atom is 0.442 e. The van der Waals surface area contributed by atoms with Gasteiger partial charge >= 0.3 is 11.9 Å². The Morgan fingerprint density at radius 1 is 1.29 bits per heavy atom. The molecule has 110 valence electrons. The van der Waals surface area contributed by atoms with E-state index in [0.717, 1.165) is 6.92 Å². The SMILES string of the molecule is CC(=O)n1nc(C(F)(F)F)c([N+](=O)[O-])c1-c1ccccc1. The fraction of sp³-hybridized carbons (Fsp3) is 0.167. The number of alkyl halides is 3. The molecule has 9 heteroatoms. The Bertz CT molecular complexity index is 708. The van der Waals surface area contributed by atoms with Crippen LogP contribution in [0.1, 0.15) is 17.4 Å². The van der Waals surface area contributed by atoms with Crippen molar-refractivity contribution in [3.8, 4) is 11.3 Å². The third kappa shape index (κ3) is 2.62. The zero-order chi connectivity index (χ0) is 15.8. The summed E-state index contributed by atoms with van der Waals surface area (Å²) >= 11 is 0. The number of benzene rings is 1. The van der Waals surface area contributed by atoms with E-state index in [-0.39, 0.29) is 5.56 Å². The molecular weight excluding hydrogens is 291 g/mol. The monoisotopic (exact) mass is 299 g/mol. The molecule has 0 saturated heterocycles. The summed E-state index contributed by atoms with van der Waals surface area (Å²) in [5, 5.41) is 14.1. The second kappa shape index (κ2) is 5.00. The number of nitrogens with zero attached hydrogens (tertiary/aromatic N) is 3. The van der Waals surface area contributed by atoms with Gasteiger partial charge in [-0.15, -0.1) is 0 Å². The summed E-state index contributed by atoms with van der Waals surface area (Å²) in [6, 6.07) is 7.30. The van der Waals surface area contributed by atoms with Gasteiger partial charge in [0.05, 0.1) is 4.92 Å². The molecule has 0 unspecified atom stereocenters. The van der Waals surface area contributed by atoms with Crippen LogP contribution in [0.2, 0.25) is 0 Å². The highest BCUT2D eigenvalue weighted by molar-refractivity contribution is 5.85. The molecule has 0 spiro atoms. The van der Waals surface area contributed by atoms with Crippen LogP contribution in [0.15, 0.2) is 30.3 Å². The molecule has 2 rings (SSSR count). The quantitative estimate of drug-likeness (QED) is 0.630. The normalized spacial score (nSPS) is 11.4. The van der Waals surface area contributed by atoms with Gasteiger partial charge in [-0.2, -0.15) is 23.0 Å². The van der Waals surface area contributed by atoms with Gasteiger partial charge in [-0.25, -0.2) is 0 Å². The number of carbonyl (C=O) groups excluding carboxylic acids is 1. The Morgan fingerprint density at radius 3 is 2.29 bits per heavy atom. The molecule has 0 amide bonds. The minimum Gasteiger partial charge on any atom is -0.273 e. The molecule has 0 N–H and O–H groups in total. The smallest absolute Gasteiger partial charge is 0.273 e. The lowest BCUT2D eigenvalue weighted by atomic mass is 10.1. The number of nitro groups is 1. The van der Waals surface area contributed by atoms with Crippen LogP contribution in [0.3, 0.4) is 0 Å². The summed E-state index contributed by atoms with van der Waals surface area (Å²) in [6.07, 6.45) is -5.04. The van der Waals surface area contributed by atoms with E-state index in [0.29, 0.717) is 4.68 Å². The van der Waals surface area contributed by atoms with E-state index in [1.807, 2.05) is 0 Å². The third-order valence-electron chi connectivity index (χ3n) is 2.66. The molecule has 2 aromatic rings. The summed E-state index contributed by atoms with van der Waals surface area (Å²) in [7, 11) is 0. The first-order valence-corrected chi connectivity index (χ1v) is 5.64. The van der Waals surface area contributed by atoms with Crippen LogP contribution >= 0.6 is 0 Å². The van der Waals surface area contributed by atoms with Gasteiger partial charge in [0.1, 0.15) is 0 Å². The largest absolute Gasteiger partial charge is 0.442 e. The molecule has 21 heavy (non-hydrogen) atoms. The Hall–Kier alpha value is -2.71. The van der Waals surface area contributed by atoms with Crippen LogP contribution in [-0.2, 0) is 6.18 Å². The third-order valence-corrected chi connectivity index (χ3v) is 2.66. The molecule has 0 saturated carbocycles. The number of aromatic nitrogens is 2. The maximum absolute atomic E-state index is 12.9. The van der Waals surface area contributed by atoms with Crippen LogP contribution < -0.4 is 0 Å². The number of hydrogen-bond acceptors (Lipinski definition) is 4. The fourth-order valence-corrected chi connectivity index (χ4v) is 1.86. The first kappa shape index (κ1) is 14.7. The van der Waals surface area contributed by atoms with Crippen molar-refractivity contribution < 1.29 is 22.9 Å². The van der Waals surface area contributed by atoms with E-state index in [4.69, 9.17) is 0 Å². The van der Waals surface area contributed by atoms with Gasteiger partial charge in [-0.1, -0.05) is 30.3 Å². The Kier molecular flexibility index (Phi) is 3.50. The van der Waals surface area contributed by atoms with Crippen molar-refractivity contribution >= 4 is 11.6 Å². The number of carbonyl (C=O) groups is 1. The Labute approximate surface area is 116 Å². The molecule has 6 nitrogen and oxygen atoms in total. The van der Waals surface area contributed by atoms with E-state index in [9.17, 15) is 28.1 Å². The van der Waals surface area contributed by atoms with Gasteiger partial charge in [-0.3, -0.25) is 14.9 Å². The van der Waals surface area contributed by atoms with E-state index in [1.54, 1.807) is 6.07 Å². The Morgan fingerprint density at radius 2 is 1.86 bits per heavy atom. The molecule has 0 aliphatic rings. The number of rotatable bonds is 2. The zero-order valence-corrected chi connectivity index (χ0v) is 10.6. The van der Waals surface area contributed by atoms with Gasteiger partial charge < -0.3 is 0 Å². The van der Waals surface area contributed by atoms with Gasteiger partial charge in [0.2, 0.25) is 11.6 Å². The Balaban J connectivity index is 2.87. The van der Waals surface area contributed by atoms with E-state index < -0.39 is 34.1 Å². The van der Waals surface area contributed by atoms with Crippen molar-refractivity contribution in [1.29, 1.82) is 0 Å². The molecule has 0 atom stereocenters. The summed E-state index contributed by atoms with van der Waals surface area (Å²) in [5.41, 5.74) is -3.31. The molecule has 1 aromatic heterocycles. The molecular formula is C12H8F3N3O3. The van der Waals surface area contributed by atoms with Crippen molar-refractivity contribution in [2.24, 2.45) is 0 Å². The molecule has 1 aromatic carbocycles. The van der Waals surface area contributed by atoms with Crippen LogP contribution in [0.5, 0.6) is 0 Å². The highest BCUT2D eigenvalue weighted by Crippen LogP contribution is 2.41. The molecule has 0 radical (unpaired) electrons. The molecule has 0 aliphatic heterocycles. The zero-order valence-electron chi connectivity index (χ0n) is 10.6. The average molecular weight is 299 g/mol. The minimum absolute atomic E-state index is 0.0994. The number of halogens is 3. The minimum atomic E-state index is -5.04.